The monoisotopic (exact) mass is 492 g/mol. The molecule has 0 amide bonds. The van der Waals surface area contributed by atoms with Crippen molar-refractivity contribution in [3.05, 3.63) is 51.4 Å². The third kappa shape index (κ3) is 6.09. The van der Waals surface area contributed by atoms with E-state index < -0.39 is 0 Å². The van der Waals surface area contributed by atoms with Gasteiger partial charge in [-0.25, -0.2) is 13.8 Å². The number of carbonyl (C=O) groups excluding carboxylic acids is 1. The molecule has 4 rings (SSSR count). The number of hydrogen-bond acceptors (Lipinski definition) is 8. The van der Waals surface area contributed by atoms with E-state index >= 15 is 0 Å². The highest BCUT2D eigenvalue weighted by atomic mass is 35.5. The molecule has 0 bridgehead atoms. The number of hydrogen-bond donors (Lipinski definition) is 1. The van der Waals surface area contributed by atoms with E-state index in [2.05, 4.69) is 14.7 Å². The predicted molar refractivity (Wildman–Crippen MR) is 129 cm³/mol. The highest BCUT2D eigenvalue weighted by Gasteiger charge is 2.24. The maximum Gasteiger partial charge on any atom is 0.337 e. The number of aromatic nitrogens is 2. The fourth-order valence-corrected chi connectivity index (χ4v) is 5.30. The lowest BCUT2D eigenvalue weighted by atomic mass is 10.0. The zero-order valence-electron chi connectivity index (χ0n) is 18.7. The molecule has 2 aromatic rings. The highest BCUT2D eigenvalue weighted by Crippen LogP contribution is 2.30. The molecule has 0 aliphatic carbocycles. The van der Waals surface area contributed by atoms with Gasteiger partial charge in [0.1, 0.15) is 5.02 Å². The second-order valence-electron chi connectivity index (χ2n) is 8.35. The van der Waals surface area contributed by atoms with Crippen molar-refractivity contribution in [3.63, 3.8) is 0 Å². The number of benzene rings is 1. The molecule has 1 unspecified atom stereocenters. The molecule has 2 aliphatic rings. The Labute approximate surface area is 202 Å². The Morgan fingerprint density at radius 1 is 1.27 bits per heavy atom. The molecule has 2 saturated heterocycles. The van der Waals surface area contributed by atoms with Crippen molar-refractivity contribution in [2.75, 3.05) is 45.3 Å². The Morgan fingerprint density at radius 3 is 2.70 bits per heavy atom. The lowest BCUT2D eigenvalue weighted by molar-refractivity contribution is 0.0594. The van der Waals surface area contributed by atoms with Crippen LogP contribution < -0.4 is 10.9 Å². The number of methoxy groups -OCH3 is 1. The van der Waals surface area contributed by atoms with E-state index in [1.165, 1.54) is 11.8 Å². The summed E-state index contributed by atoms with van der Waals surface area (Å²) in [6, 6.07) is 7.39. The van der Waals surface area contributed by atoms with Crippen LogP contribution in [0.5, 0.6) is 0 Å². The van der Waals surface area contributed by atoms with E-state index in [9.17, 15) is 9.59 Å². The van der Waals surface area contributed by atoms with Gasteiger partial charge in [0, 0.05) is 31.1 Å². The molecule has 33 heavy (non-hydrogen) atoms. The quantitative estimate of drug-likeness (QED) is 0.460. The summed E-state index contributed by atoms with van der Waals surface area (Å²) in [4.78, 5) is 25.5. The summed E-state index contributed by atoms with van der Waals surface area (Å²) < 4.78 is 14.0. The number of carbonyl (C=O) groups is 1. The fraction of sp³-hybridized carbons (Fsp3) is 0.522. The smallest absolute Gasteiger partial charge is 0.337 e. The fourth-order valence-electron chi connectivity index (χ4n) is 4.15. The minimum Gasteiger partial charge on any atom is -0.465 e. The molecule has 0 spiro atoms. The van der Waals surface area contributed by atoms with E-state index in [4.69, 9.17) is 21.1 Å². The van der Waals surface area contributed by atoms with Gasteiger partial charge in [-0.2, -0.15) is 5.10 Å². The Balaban J connectivity index is 1.31. The molecule has 0 radical (unpaired) electrons. The molecule has 2 aliphatic heterocycles. The average Bonchev–Trinajstić information content (AvgIpc) is 2.86. The molecule has 10 heteroatoms. The molecule has 2 fully saturated rings. The van der Waals surface area contributed by atoms with Crippen LogP contribution in [0.4, 0.5) is 5.69 Å². The number of halogens is 1. The number of piperidine rings is 1. The summed E-state index contributed by atoms with van der Waals surface area (Å²) in [5, 5.41) is 7.90. The van der Waals surface area contributed by atoms with Crippen LogP contribution in [-0.2, 0) is 9.47 Å². The maximum atomic E-state index is 12.9. The van der Waals surface area contributed by atoms with E-state index in [0.717, 1.165) is 63.4 Å². The van der Waals surface area contributed by atoms with Crippen molar-refractivity contribution >= 4 is 35.2 Å². The van der Waals surface area contributed by atoms with Crippen LogP contribution in [0.2, 0.25) is 5.02 Å². The van der Waals surface area contributed by atoms with Crippen LogP contribution in [0.3, 0.4) is 0 Å². The molecule has 1 aromatic carbocycles. The van der Waals surface area contributed by atoms with Crippen molar-refractivity contribution in [3.8, 4) is 0 Å². The Morgan fingerprint density at radius 2 is 2.03 bits per heavy atom. The van der Waals surface area contributed by atoms with Crippen molar-refractivity contribution in [2.24, 2.45) is 5.92 Å². The number of esters is 1. The zero-order valence-corrected chi connectivity index (χ0v) is 20.2. The van der Waals surface area contributed by atoms with Crippen molar-refractivity contribution < 1.29 is 14.3 Å². The summed E-state index contributed by atoms with van der Waals surface area (Å²) in [5.41, 5.74) is 0.880. The summed E-state index contributed by atoms with van der Waals surface area (Å²) >= 11 is 8.05. The number of anilines is 1. The predicted octanol–water partition coefficient (Wildman–Crippen LogP) is 3.87. The minimum absolute atomic E-state index is 0.0225. The van der Waals surface area contributed by atoms with Gasteiger partial charge in [-0.1, -0.05) is 11.6 Å². The van der Waals surface area contributed by atoms with Crippen molar-refractivity contribution in [2.45, 2.75) is 36.6 Å². The van der Waals surface area contributed by atoms with Gasteiger partial charge in [0.15, 0.2) is 0 Å². The first-order valence-electron chi connectivity index (χ1n) is 11.3. The molecule has 0 saturated carbocycles. The van der Waals surface area contributed by atoms with E-state index in [0.29, 0.717) is 17.2 Å². The molecule has 8 nitrogen and oxygen atoms in total. The van der Waals surface area contributed by atoms with Gasteiger partial charge >= 0.3 is 5.97 Å². The van der Waals surface area contributed by atoms with Gasteiger partial charge in [0.2, 0.25) is 0 Å². The van der Waals surface area contributed by atoms with Gasteiger partial charge in [0.25, 0.3) is 5.56 Å². The van der Waals surface area contributed by atoms with Crippen LogP contribution in [0, 0.1) is 5.92 Å². The largest absolute Gasteiger partial charge is 0.465 e. The number of nitrogens with one attached hydrogen (secondary N) is 1. The van der Waals surface area contributed by atoms with Crippen LogP contribution in [-0.4, -0.2) is 60.0 Å². The van der Waals surface area contributed by atoms with E-state index in [1.54, 1.807) is 30.3 Å². The molecule has 3 heterocycles. The normalized spacial score (nSPS) is 19.9. The summed E-state index contributed by atoms with van der Waals surface area (Å²) in [6.07, 6.45) is 5.46. The van der Waals surface area contributed by atoms with E-state index in [1.807, 2.05) is 12.1 Å². The second kappa shape index (κ2) is 11.4. The van der Waals surface area contributed by atoms with Crippen LogP contribution in [0.1, 0.15) is 42.1 Å². The molecule has 178 valence electrons. The third-order valence-electron chi connectivity index (χ3n) is 6.06. The summed E-state index contributed by atoms with van der Waals surface area (Å²) in [5.74, 6) is 0.0870. The average molecular weight is 493 g/mol. The molecule has 1 aromatic heterocycles. The molecule has 1 atom stereocenters. The summed E-state index contributed by atoms with van der Waals surface area (Å²) in [7, 11) is 1.37. The lowest BCUT2D eigenvalue weighted by Crippen LogP contribution is -2.36. The molecular weight excluding hydrogens is 464 g/mol. The van der Waals surface area contributed by atoms with Gasteiger partial charge in [-0.15, -0.1) is 0 Å². The zero-order chi connectivity index (χ0) is 23.2. The highest BCUT2D eigenvalue weighted by molar-refractivity contribution is 7.97. The Bertz CT molecular complexity index is 1000. The summed E-state index contributed by atoms with van der Waals surface area (Å²) in [6.45, 7) is 3.93. The van der Waals surface area contributed by atoms with Gasteiger partial charge in [-0.05, 0) is 67.8 Å². The molecule has 1 N–H and O–H groups in total. The van der Waals surface area contributed by atoms with Crippen LogP contribution >= 0.6 is 23.5 Å². The molecular formula is C23H29ClN4O4S. The number of ether oxygens (including phenoxy) is 2. The topological polar surface area (TPSA) is 85.7 Å². The maximum absolute atomic E-state index is 12.9. The second-order valence-corrected chi connectivity index (χ2v) is 9.90. The lowest BCUT2D eigenvalue weighted by Gasteiger charge is -2.31. The first-order valence-corrected chi connectivity index (χ1v) is 12.4. The van der Waals surface area contributed by atoms with Crippen molar-refractivity contribution in [1.82, 2.24) is 14.1 Å². The standard InChI is InChI=1S/C23H29ClN4O4S/c1-31-23(30)17-4-6-19(7-5-17)33-27-10-8-18(9-11-27)28-22(29)21(24)20(14-26-28)25-13-16-3-2-12-32-15-16/h4-7,14,16,18,25H,2-3,8-13,15H2,1H3. The SMILES string of the molecule is COC(=O)c1ccc(SN2CCC(n3ncc(NCC4CCCOC4)c(Cl)c3=O)CC2)cc1. The number of nitrogens with zero attached hydrogens (tertiary/aromatic N) is 3. The third-order valence-corrected chi connectivity index (χ3v) is 7.53. The first kappa shape index (κ1) is 24.1. The van der Waals surface area contributed by atoms with Crippen molar-refractivity contribution in [1.29, 1.82) is 0 Å². The Hall–Kier alpha value is -2.07. The minimum atomic E-state index is -0.340. The van der Waals surface area contributed by atoms with Gasteiger partial charge in [-0.3, -0.25) is 4.79 Å². The Kier molecular flexibility index (Phi) is 8.29. The first-order chi connectivity index (χ1) is 16.0. The van der Waals surface area contributed by atoms with Gasteiger partial charge in [0.05, 0.1) is 37.2 Å². The van der Waals surface area contributed by atoms with Crippen LogP contribution in [0.25, 0.3) is 0 Å². The van der Waals surface area contributed by atoms with E-state index in [-0.39, 0.29) is 22.6 Å². The van der Waals surface area contributed by atoms with Crippen LogP contribution in [0.15, 0.2) is 40.2 Å². The van der Waals surface area contributed by atoms with Gasteiger partial charge < -0.3 is 14.8 Å². The number of rotatable bonds is 7.